The second-order valence-corrected chi connectivity index (χ2v) is 11.0. The van der Waals surface area contributed by atoms with Crippen LogP contribution in [0.1, 0.15) is 44.6 Å². The van der Waals surface area contributed by atoms with Gasteiger partial charge in [0.15, 0.2) is 0 Å². The monoisotopic (exact) mass is 489 g/mol. The van der Waals surface area contributed by atoms with Gasteiger partial charge in [0.2, 0.25) is 0 Å². The number of fused-ring (bicyclic) bond motifs is 1. The summed E-state index contributed by atoms with van der Waals surface area (Å²) in [7, 11) is 1.90. The highest BCUT2D eigenvalue weighted by Gasteiger charge is 2.57. The molecule has 3 aromatic rings. The maximum Gasteiger partial charge on any atom is 0.256 e. The Kier molecular flexibility index (Phi) is 5.50. The van der Waals surface area contributed by atoms with Crippen LogP contribution in [0.25, 0.3) is 22.0 Å². The van der Waals surface area contributed by atoms with Crippen molar-refractivity contribution in [3.63, 3.8) is 0 Å². The van der Waals surface area contributed by atoms with Crippen LogP contribution in [-0.4, -0.2) is 62.3 Å². The molecular formula is C28H32FN5O2. The molecule has 2 N–H and O–H groups in total. The largest absolute Gasteiger partial charge is 0.390 e. The Morgan fingerprint density at radius 3 is 2.50 bits per heavy atom. The smallest absolute Gasteiger partial charge is 0.256 e. The van der Waals surface area contributed by atoms with Crippen LogP contribution in [0.2, 0.25) is 0 Å². The van der Waals surface area contributed by atoms with E-state index in [0.717, 1.165) is 67.2 Å². The van der Waals surface area contributed by atoms with Gasteiger partial charge < -0.3 is 10.4 Å². The molecule has 8 heteroatoms. The number of amidine groups is 1. The predicted molar refractivity (Wildman–Crippen MR) is 137 cm³/mol. The van der Waals surface area contributed by atoms with Crippen LogP contribution in [0.3, 0.4) is 0 Å². The minimum atomic E-state index is -0.627. The quantitative estimate of drug-likeness (QED) is 0.586. The van der Waals surface area contributed by atoms with E-state index in [-0.39, 0.29) is 17.3 Å². The Balaban J connectivity index is 0.000000431. The van der Waals surface area contributed by atoms with Crippen LogP contribution in [0, 0.1) is 11.7 Å². The molecule has 36 heavy (non-hydrogen) atoms. The number of rotatable bonds is 4. The molecule has 1 aromatic heterocycles. The van der Waals surface area contributed by atoms with Crippen LogP contribution in [-0.2, 0) is 11.8 Å². The highest BCUT2D eigenvalue weighted by molar-refractivity contribution is 6.16. The molecule has 0 radical (unpaired) electrons. The summed E-state index contributed by atoms with van der Waals surface area (Å²) >= 11 is 0. The fourth-order valence-electron chi connectivity index (χ4n) is 5.01. The fraction of sp³-hybridized carbons (Fsp3) is 0.464. The van der Waals surface area contributed by atoms with Gasteiger partial charge in [0.1, 0.15) is 17.2 Å². The van der Waals surface area contributed by atoms with Crippen molar-refractivity contribution < 1.29 is 14.3 Å². The van der Waals surface area contributed by atoms with Crippen molar-refractivity contribution in [1.29, 1.82) is 0 Å². The summed E-state index contributed by atoms with van der Waals surface area (Å²) in [5.41, 5.74) is 2.30. The Bertz CT molecular complexity index is 1360. The van der Waals surface area contributed by atoms with Gasteiger partial charge in [0.25, 0.3) is 5.91 Å². The number of aliphatic hydroxyl groups is 1. The maximum absolute atomic E-state index is 15.3. The first-order chi connectivity index (χ1) is 17.2. The number of hydrogen-bond donors (Lipinski definition) is 2. The lowest BCUT2D eigenvalue weighted by Crippen LogP contribution is -2.40. The Morgan fingerprint density at radius 1 is 1.14 bits per heavy atom. The molecule has 1 unspecified atom stereocenters. The lowest BCUT2D eigenvalue weighted by Gasteiger charge is -2.23. The second kappa shape index (κ2) is 8.49. The number of nitrogens with one attached hydrogen (secondary N) is 1. The lowest BCUT2D eigenvalue weighted by atomic mass is 10.0. The summed E-state index contributed by atoms with van der Waals surface area (Å²) in [6.45, 7) is 4.31. The Morgan fingerprint density at radius 2 is 1.86 bits per heavy atom. The highest BCUT2D eigenvalue weighted by atomic mass is 19.1. The van der Waals surface area contributed by atoms with Gasteiger partial charge in [-0.1, -0.05) is 12.1 Å². The fourth-order valence-corrected chi connectivity index (χ4v) is 5.01. The van der Waals surface area contributed by atoms with Crippen molar-refractivity contribution in [3.8, 4) is 11.1 Å². The van der Waals surface area contributed by atoms with Crippen molar-refractivity contribution in [2.24, 2.45) is 18.0 Å². The molecule has 1 amide bonds. The number of aliphatic imine (C=N–C) groups is 1. The van der Waals surface area contributed by atoms with Crippen LogP contribution in [0.4, 0.5) is 4.39 Å². The summed E-state index contributed by atoms with van der Waals surface area (Å²) in [6.07, 6.45) is 6.38. The molecule has 2 aliphatic carbocycles. The number of aryl methyl sites for hydroxylation is 1. The molecule has 4 aliphatic rings. The summed E-state index contributed by atoms with van der Waals surface area (Å²) in [4.78, 5) is 19.5. The Labute approximate surface area is 210 Å². The number of halogens is 1. The van der Waals surface area contributed by atoms with E-state index < -0.39 is 5.54 Å². The number of carbonyl (C=O) groups is 1. The zero-order chi connectivity index (χ0) is 25.1. The third-order valence-corrected chi connectivity index (χ3v) is 7.81. The predicted octanol–water partition coefficient (Wildman–Crippen LogP) is 3.64. The first kappa shape index (κ1) is 23.3. The number of nitrogens with zero attached hydrogens (tertiary/aromatic N) is 4. The molecule has 0 bridgehead atoms. The molecule has 2 aliphatic heterocycles. The number of aromatic nitrogens is 2. The van der Waals surface area contributed by atoms with E-state index in [2.05, 4.69) is 10.4 Å². The molecule has 1 atom stereocenters. The Hall–Kier alpha value is -3.10. The topological polar surface area (TPSA) is 82.7 Å². The molecule has 2 aromatic carbocycles. The van der Waals surface area contributed by atoms with Crippen molar-refractivity contribution in [1.82, 2.24) is 20.0 Å². The maximum atomic E-state index is 15.3. The minimum Gasteiger partial charge on any atom is -0.390 e. The summed E-state index contributed by atoms with van der Waals surface area (Å²) < 4.78 is 17.2. The minimum absolute atomic E-state index is 0.0416. The van der Waals surface area contributed by atoms with E-state index in [9.17, 15) is 4.79 Å². The van der Waals surface area contributed by atoms with E-state index >= 15 is 4.39 Å². The van der Waals surface area contributed by atoms with E-state index in [1.54, 1.807) is 17.0 Å². The zero-order valence-corrected chi connectivity index (χ0v) is 20.8. The van der Waals surface area contributed by atoms with Crippen molar-refractivity contribution in [2.75, 3.05) is 19.6 Å². The third kappa shape index (κ3) is 4.33. The third-order valence-electron chi connectivity index (χ3n) is 7.81. The van der Waals surface area contributed by atoms with Crippen LogP contribution < -0.4 is 5.32 Å². The highest BCUT2D eigenvalue weighted by Crippen LogP contribution is 2.46. The van der Waals surface area contributed by atoms with Crippen molar-refractivity contribution in [3.05, 3.63) is 54.0 Å². The molecule has 1 spiro atoms. The molecule has 7 rings (SSSR count). The van der Waals surface area contributed by atoms with Gasteiger partial charge in [0, 0.05) is 19.0 Å². The van der Waals surface area contributed by atoms with Gasteiger partial charge in [-0.3, -0.25) is 19.4 Å². The van der Waals surface area contributed by atoms with Gasteiger partial charge in [0.05, 0.1) is 22.9 Å². The first-order valence-electron chi connectivity index (χ1n) is 12.8. The van der Waals surface area contributed by atoms with Gasteiger partial charge in [-0.15, -0.1) is 0 Å². The molecule has 1 saturated heterocycles. The van der Waals surface area contributed by atoms with Crippen LogP contribution in [0.5, 0.6) is 0 Å². The number of carbonyl (C=O) groups excluding carboxylic acids is 1. The molecule has 3 heterocycles. The molecule has 7 nitrogen and oxygen atoms in total. The number of amides is 1. The molecule has 3 fully saturated rings. The van der Waals surface area contributed by atoms with Crippen molar-refractivity contribution >= 4 is 22.6 Å². The zero-order valence-electron chi connectivity index (χ0n) is 20.8. The van der Waals surface area contributed by atoms with Crippen LogP contribution >= 0.6 is 0 Å². The van der Waals surface area contributed by atoms with Gasteiger partial charge in [-0.2, -0.15) is 5.10 Å². The molecular weight excluding hydrogens is 457 g/mol. The van der Waals surface area contributed by atoms with Gasteiger partial charge in [-0.25, -0.2) is 4.39 Å². The van der Waals surface area contributed by atoms with Gasteiger partial charge >= 0.3 is 0 Å². The summed E-state index contributed by atoms with van der Waals surface area (Å²) in [5, 5.41) is 17.3. The summed E-state index contributed by atoms with van der Waals surface area (Å²) in [6, 6.07) is 11.2. The van der Waals surface area contributed by atoms with E-state index in [1.165, 1.54) is 0 Å². The summed E-state index contributed by atoms with van der Waals surface area (Å²) in [5.74, 6) is 0.584. The SMILES string of the molecule is CC1(O)CC1.Cn1ncc2cc(-c3ccc(C4=NC5(CC5)C(=O)N4CC4CCNC4)c(F)c3)ccc21. The van der Waals surface area contributed by atoms with E-state index in [0.29, 0.717) is 23.9 Å². The normalized spacial score (nSPS) is 23.1. The standard InChI is InChI=1S/C24H24FN5O.C4H8O/c1-29-21-5-3-16(10-18(21)13-27-29)17-2-4-19(20(25)11-17)22-28-24(7-8-24)23(31)30(22)14-15-6-9-26-12-15;1-4(5)2-3-4/h2-5,10-11,13,15,26H,6-9,12,14H2,1H3;5H,2-3H2,1H3. The average molecular weight is 490 g/mol. The number of hydrogen-bond acceptors (Lipinski definition) is 5. The van der Waals surface area contributed by atoms with Gasteiger partial charge in [-0.05, 0) is 93.4 Å². The molecule has 188 valence electrons. The van der Waals surface area contributed by atoms with Crippen LogP contribution in [0.15, 0.2) is 47.6 Å². The van der Waals surface area contributed by atoms with E-state index in [4.69, 9.17) is 10.1 Å². The second-order valence-electron chi connectivity index (χ2n) is 11.0. The average Bonchev–Trinajstić information content (AvgIpc) is 3.63. The van der Waals surface area contributed by atoms with E-state index in [1.807, 2.05) is 49.1 Å². The van der Waals surface area contributed by atoms with Crippen molar-refractivity contribution in [2.45, 2.75) is 50.2 Å². The number of benzene rings is 2. The lowest BCUT2D eigenvalue weighted by molar-refractivity contribution is -0.128. The molecule has 2 saturated carbocycles. The first-order valence-corrected chi connectivity index (χ1v) is 12.8.